The molecule has 0 atom stereocenters. The van der Waals surface area contributed by atoms with Crippen molar-refractivity contribution in [3.63, 3.8) is 0 Å². The van der Waals surface area contributed by atoms with E-state index in [-0.39, 0.29) is 11.7 Å². The summed E-state index contributed by atoms with van der Waals surface area (Å²) in [7, 11) is 0. The number of H-pyrrole nitrogens is 1. The molecule has 1 rings (SSSR count). The number of nitrogens with zero attached hydrogens (tertiary/aromatic N) is 1. The van der Waals surface area contributed by atoms with E-state index in [1.54, 1.807) is 24.7 Å². The van der Waals surface area contributed by atoms with E-state index in [2.05, 4.69) is 9.97 Å². The van der Waals surface area contributed by atoms with Crippen LogP contribution >= 0.6 is 0 Å². The average Bonchev–Trinajstić information content (AvgIpc) is 2.51. The number of hydrogen-bond acceptors (Lipinski definition) is 2. The molecule has 0 bridgehead atoms. The molecule has 1 N–H and O–H groups in total. The third kappa shape index (κ3) is 2.34. The van der Waals surface area contributed by atoms with Crippen LogP contribution in [0.25, 0.3) is 6.08 Å². The Bertz CT molecular complexity index is 273. The first kappa shape index (κ1) is 8.71. The van der Waals surface area contributed by atoms with Crippen molar-refractivity contribution in [3.05, 3.63) is 24.3 Å². The number of rotatable bonds is 3. The van der Waals surface area contributed by atoms with E-state index in [0.29, 0.717) is 0 Å². The second-order valence-electron chi connectivity index (χ2n) is 2.88. The van der Waals surface area contributed by atoms with E-state index in [1.807, 2.05) is 13.8 Å². The van der Waals surface area contributed by atoms with Crippen LogP contribution in [-0.2, 0) is 4.79 Å². The zero-order chi connectivity index (χ0) is 8.97. The van der Waals surface area contributed by atoms with Gasteiger partial charge in [0.05, 0.1) is 12.0 Å². The Morgan fingerprint density at radius 2 is 2.42 bits per heavy atom. The topological polar surface area (TPSA) is 45.8 Å². The summed E-state index contributed by atoms with van der Waals surface area (Å²) in [5.41, 5.74) is 0.781. The van der Waals surface area contributed by atoms with E-state index in [1.165, 1.54) is 0 Å². The summed E-state index contributed by atoms with van der Waals surface area (Å²) in [6.45, 7) is 3.74. The van der Waals surface area contributed by atoms with Crippen LogP contribution in [0.4, 0.5) is 0 Å². The van der Waals surface area contributed by atoms with Gasteiger partial charge in [-0.25, -0.2) is 4.98 Å². The number of allylic oxidation sites excluding steroid dienone is 1. The fourth-order valence-electron chi connectivity index (χ4n) is 0.723. The lowest BCUT2D eigenvalue weighted by atomic mass is 10.1. The number of carbonyl (C=O) groups is 1. The number of nitrogens with one attached hydrogen (secondary N) is 1. The predicted octanol–water partition coefficient (Wildman–Crippen LogP) is 1.65. The molecule has 0 spiro atoms. The van der Waals surface area contributed by atoms with Crippen LogP contribution in [-0.4, -0.2) is 15.8 Å². The van der Waals surface area contributed by atoms with Gasteiger partial charge in [0.1, 0.15) is 0 Å². The molecule has 0 aliphatic rings. The Kier molecular flexibility index (Phi) is 2.80. The van der Waals surface area contributed by atoms with Gasteiger partial charge in [-0.3, -0.25) is 4.79 Å². The second kappa shape index (κ2) is 3.85. The SMILES string of the molecule is CC(C)C(=O)C=Cc1c[nH]cn1. The van der Waals surface area contributed by atoms with E-state index in [4.69, 9.17) is 0 Å². The van der Waals surface area contributed by atoms with Gasteiger partial charge in [0.2, 0.25) is 0 Å². The van der Waals surface area contributed by atoms with Gasteiger partial charge in [-0.1, -0.05) is 13.8 Å². The first-order chi connectivity index (χ1) is 5.70. The Labute approximate surface area is 71.5 Å². The minimum absolute atomic E-state index is 0.0557. The largest absolute Gasteiger partial charge is 0.351 e. The van der Waals surface area contributed by atoms with Crippen molar-refractivity contribution in [3.8, 4) is 0 Å². The Hall–Kier alpha value is -1.38. The molecule has 0 unspecified atom stereocenters. The Morgan fingerprint density at radius 3 is 2.92 bits per heavy atom. The first-order valence-corrected chi connectivity index (χ1v) is 3.91. The monoisotopic (exact) mass is 164 g/mol. The Morgan fingerprint density at radius 1 is 1.67 bits per heavy atom. The number of carbonyl (C=O) groups excluding carboxylic acids is 1. The number of ketones is 1. The van der Waals surface area contributed by atoms with Gasteiger partial charge in [0, 0.05) is 12.1 Å². The summed E-state index contributed by atoms with van der Waals surface area (Å²) < 4.78 is 0. The number of aromatic nitrogens is 2. The molecule has 1 heterocycles. The van der Waals surface area contributed by atoms with Crippen LogP contribution in [0, 0.1) is 5.92 Å². The zero-order valence-electron chi connectivity index (χ0n) is 7.24. The standard InChI is InChI=1S/C9H12N2O/c1-7(2)9(12)4-3-8-5-10-6-11-8/h3-7H,1-2H3,(H,10,11). The van der Waals surface area contributed by atoms with Crippen molar-refractivity contribution in [2.75, 3.05) is 0 Å². The highest BCUT2D eigenvalue weighted by Gasteiger charge is 2.01. The van der Waals surface area contributed by atoms with Crippen molar-refractivity contribution < 1.29 is 4.79 Å². The molecule has 0 saturated carbocycles. The lowest BCUT2D eigenvalue weighted by Gasteiger charge is -1.94. The molecular formula is C9H12N2O. The molecule has 3 heteroatoms. The molecule has 12 heavy (non-hydrogen) atoms. The summed E-state index contributed by atoms with van der Waals surface area (Å²) in [5, 5.41) is 0. The summed E-state index contributed by atoms with van der Waals surface area (Å²) in [4.78, 5) is 17.9. The maximum Gasteiger partial charge on any atom is 0.158 e. The maximum absolute atomic E-state index is 11.1. The summed E-state index contributed by atoms with van der Waals surface area (Å²) in [5.74, 6) is 0.179. The summed E-state index contributed by atoms with van der Waals surface area (Å²) in [6.07, 6.45) is 6.59. The molecule has 0 aliphatic heterocycles. The van der Waals surface area contributed by atoms with E-state index >= 15 is 0 Å². The molecule has 0 aliphatic carbocycles. The highest BCUT2D eigenvalue weighted by atomic mass is 16.1. The van der Waals surface area contributed by atoms with Crippen molar-refractivity contribution in [2.45, 2.75) is 13.8 Å². The second-order valence-corrected chi connectivity index (χ2v) is 2.88. The van der Waals surface area contributed by atoms with Gasteiger partial charge >= 0.3 is 0 Å². The molecule has 0 radical (unpaired) electrons. The fraction of sp³-hybridized carbons (Fsp3) is 0.333. The van der Waals surface area contributed by atoms with Crippen LogP contribution in [0.3, 0.4) is 0 Å². The van der Waals surface area contributed by atoms with E-state index in [0.717, 1.165) is 5.69 Å². The number of hydrogen-bond donors (Lipinski definition) is 1. The van der Waals surface area contributed by atoms with E-state index < -0.39 is 0 Å². The van der Waals surface area contributed by atoms with E-state index in [9.17, 15) is 4.79 Å². The van der Waals surface area contributed by atoms with Crippen molar-refractivity contribution in [1.82, 2.24) is 9.97 Å². The van der Waals surface area contributed by atoms with Crippen LogP contribution in [0.5, 0.6) is 0 Å². The van der Waals surface area contributed by atoms with Gasteiger partial charge < -0.3 is 4.98 Å². The molecule has 1 aromatic rings. The summed E-state index contributed by atoms with van der Waals surface area (Å²) in [6, 6.07) is 0. The minimum Gasteiger partial charge on any atom is -0.351 e. The lowest BCUT2D eigenvalue weighted by molar-refractivity contribution is -0.117. The highest BCUT2D eigenvalue weighted by Crippen LogP contribution is 1.99. The summed E-state index contributed by atoms with van der Waals surface area (Å²) >= 11 is 0. The molecule has 1 aromatic heterocycles. The van der Waals surface area contributed by atoms with Crippen LogP contribution in [0.2, 0.25) is 0 Å². The smallest absolute Gasteiger partial charge is 0.158 e. The molecule has 0 fully saturated rings. The normalized spacial score (nSPS) is 11.2. The number of aromatic amines is 1. The zero-order valence-corrected chi connectivity index (χ0v) is 7.24. The lowest BCUT2D eigenvalue weighted by Crippen LogP contribution is -2.01. The first-order valence-electron chi connectivity index (χ1n) is 3.91. The average molecular weight is 164 g/mol. The van der Waals surface area contributed by atoms with Crippen LogP contribution < -0.4 is 0 Å². The maximum atomic E-state index is 11.1. The molecular weight excluding hydrogens is 152 g/mol. The van der Waals surface area contributed by atoms with Gasteiger partial charge in [0.15, 0.2) is 5.78 Å². The molecule has 64 valence electrons. The van der Waals surface area contributed by atoms with Crippen molar-refractivity contribution >= 4 is 11.9 Å². The molecule has 3 nitrogen and oxygen atoms in total. The van der Waals surface area contributed by atoms with Gasteiger partial charge in [-0.05, 0) is 12.2 Å². The van der Waals surface area contributed by atoms with Crippen LogP contribution in [0.1, 0.15) is 19.5 Å². The van der Waals surface area contributed by atoms with Gasteiger partial charge in [-0.2, -0.15) is 0 Å². The van der Waals surface area contributed by atoms with Crippen molar-refractivity contribution in [1.29, 1.82) is 0 Å². The minimum atomic E-state index is 0.0557. The molecule has 0 aromatic carbocycles. The van der Waals surface area contributed by atoms with Crippen LogP contribution in [0.15, 0.2) is 18.6 Å². The third-order valence-electron chi connectivity index (χ3n) is 1.51. The van der Waals surface area contributed by atoms with Crippen molar-refractivity contribution in [2.24, 2.45) is 5.92 Å². The molecule has 0 amide bonds. The quantitative estimate of drug-likeness (QED) is 0.690. The predicted molar refractivity (Wildman–Crippen MR) is 47.5 cm³/mol. The fourth-order valence-corrected chi connectivity index (χ4v) is 0.723. The highest BCUT2D eigenvalue weighted by molar-refractivity contribution is 5.94. The Balaban J connectivity index is 2.57. The van der Waals surface area contributed by atoms with Gasteiger partial charge in [0.25, 0.3) is 0 Å². The third-order valence-corrected chi connectivity index (χ3v) is 1.51. The number of imidazole rings is 1. The molecule has 0 saturated heterocycles. The van der Waals surface area contributed by atoms with Gasteiger partial charge in [-0.15, -0.1) is 0 Å².